The van der Waals surface area contributed by atoms with E-state index in [9.17, 15) is 14.4 Å². The molecule has 1 aromatic rings. The standard InChI is InChI=1S/C11H2Br9NO3/c12-9(13,14)6(22)3-1-4(7(23)10(15,16)17)21-5(2-3)8(24)11(18,19)20/h1-2H. The predicted molar refractivity (Wildman–Crippen MR) is 126 cm³/mol. The minimum Gasteiger partial charge on any atom is -0.291 e. The molecule has 0 saturated carbocycles. The van der Waals surface area contributed by atoms with Gasteiger partial charge < -0.3 is 0 Å². The maximum absolute atomic E-state index is 12.5. The van der Waals surface area contributed by atoms with Crippen molar-refractivity contribution in [3.8, 4) is 0 Å². The van der Waals surface area contributed by atoms with Gasteiger partial charge in [-0.05, 0) is 12.1 Å². The minimum absolute atomic E-state index is 0.0934. The highest BCUT2D eigenvalue weighted by Gasteiger charge is 2.37. The summed E-state index contributed by atoms with van der Waals surface area (Å²) in [5.41, 5.74) is -0.0949. The largest absolute Gasteiger partial charge is 0.291 e. The van der Waals surface area contributed by atoms with E-state index in [1.54, 1.807) is 0 Å². The van der Waals surface area contributed by atoms with Gasteiger partial charge in [0.1, 0.15) is 11.4 Å². The summed E-state index contributed by atoms with van der Waals surface area (Å²) in [6, 6.07) is 2.58. The molecule has 1 rings (SSSR count). The highest BCUT2D eigenvalue weighted by Crippen LogP contribution is 2.40. The Morgan fingerprint density at radius 3 is 1.17 bits per heavy atom. The molecule has 0 aliphatic rings. The average molecular weight is 915 g/mol. The van der Waals surface area contributed by atoms with E-state index in [4.69, 9.17) is 0 Å². The van der Waals surface area contributed by atoms with Gasteiger partial charge in [0.05, 0.1) is 0 Å². The third kappa shape index (κ3) is 6.82. The fourth-order valence-electron chi connectivity index (χ4n) is 1.35. The van der Waals surface area contributed by atoms with Crippen molar-refractivity contribution in [3.63, 3.8) is 0 Å². The summed E-state index contributed by atoms with van der Waals surface area (Å²) in [5.74, 6) is -1.51. The van der Waals surface area contributed by atoms with E-state index in [2.05, 4.69) is 148 Å². The molecular weight excluding hydrogens is 913 g/mol. The summed E-state index contributed by atoms with van der Waals surface area (Å²) in [5, 5.41) is 0. The number of aromatic nitrogens is 1. The number of hydrogen-bond donors (Lipinski definition) is 0. The molecule has 0 N–H and O–H groups in total. The van der Waals surface area contributed by atoms with E-state index in [1.165, 1.54) is 12.1 Å². The number of nitrogens with zero attached hydrogens (tertiary/aromatic N) is 1. The quantitative estimate of drug-likeness (QED) is 0.239. The Balaban J connectivity index is 3.60. The number of carbonyl (C=O) groups is 3. The molecule has 0 aliphatic heterocycles. The second-order valence-corrected chi connectivity index (χ2v) is 24.4. The Bertz CT molecular complexity index is 593. The number of halogens is 9. The van der Waals surface area contributed by atoms with Crippen LogP contribution in [-0.2, 0) is 0 Å². The smallest absolute Gasteiger partial charge is 0.219 e. The third-order valence-corrected chi connectivity index (χ3v) is 5.57. The summed E-state index contributed by atoms with van der Waals surface area (Å²) in [4.78, 5) is 41.3. The Labute approximate surface area is 212 Å². The first-order chi connectivity index (χ1) is 10.5. The van der Waals surface area contributed by atoms with Gasteiger partial charge in [-0.2, -0.15) is 0 Å². The van der Waals surface area contributed by atoms with Crippen molar-refractivity contribution in [2.75, 3.05) is 0 Å². The van der Waals surface area contributed by atoms with E-state index in [0.29, 0.717) is 0 Å². The van der Waals surface area contributed by atoms with Crippen LogP contribution in [0.1, 0.15) is 31.3 Å². The van der Waals surface area contributed by atoms with E-state index < -0.39 is 23.8 Å². The van der Waals surface area contributed by atoms with E-state index >= 15 is 0 Å². The van der Waals surface area contributed by atoms with Gasteiger partial charge in [0.25, 0.3) is 0 Å². The molecule has 0 saturated heterocycles. The van der Waals surface area contributed by atoms with Crippen molar-refractivity contribution in [1.29, 1.82) is 0 Å². The number of Topliss-reactive ketones (excluding diaryl/α,β-unsaturated/α-hetero) is 3. The molecule has 13 heteroatoms. The highest BCUT2D eigenvalue weighted by molar-refractivity contribution is 9.40. The Morgan fingerprint density at radius 1 is 0.625 bits per heavy atom. The second-order valence-electron chi connectivity index (χ2n) is 4.11. The first-order valence-corrected chi connectivity index (χ1v) is 12.6. The van der Waals surface area contributed by atoms with E-state index in [0.717, 1.165) is 0 Å². The molecule has 0 atom stereocenters. The van der Waals surface area contributed by atoms with Crippen molar-refractivity contribution in [1.82, 2.24) is 4.98 Å². The maximum Gasteiger partial charge on any atom is 0.219 e. The van der Waals surface area contributed by atoms with Gasteiger partial charge in [0.2, 0.25) is 17.3 Å². The van der Waals surface area contributed by atoms with Crippen LogP contribution in [0.25, 0.3) is 0 Å². The summed E-state index contributed by atoms with van der Waals surface area (Å²) in [7, 11) is 0. The van der Waals surface area contributed by atoms with Crippen LogP contribution in [0, 0.1) is 0 Å². The number of ketones is 3. The molecule has 1 aromatic heterocycles. The first-order valence-electron chi connectivity index (χ1n) is 5.42. The van der Waals surface area contributed by atoms with Crippen LogP contribution in [0.2, 0.25) is 0 Å². The van der Waals surface area contributed by atoms with Gasteiger partial charge >= 0.3 is 0 Å². The summed E-state index contributed by atoms with van der Waals surface area (Å²) in [6.07, 6.45) is 0. The molecule has 0 aliphatic carbocycles. The van der Waals surface area contributed by atoms with E-state index in [-0.39, 0.29) is 17.0 Å². The third-order valence-electron chi connectivity index (χ3n) is 2.33. The molecule has 0 unspecified atom stereocenters. The van der Waals surface area contributed by atoms with Crippen molar-refractivity contribution in [2.24, 2.45) is 0 Å². The Morgan fingerprint density at radius 2 is 0.917 bits per heavy atom. The van der Waals surface area contributed by atoms with Crippen LogP contribution < -0.4 is 0 Å². The molecule has 0 bridgehead atoms. The average Bonchev–Trinajstić information content (AvgIpc) is 2.41. The van der Waals surface area contributed by atoms with Crippen LogP contribution in [-0.4, -0.2) is 28.8 Å². The van der Waals surface area contributed by atoms with Crippen molar-refractivity contribution in [3.05, 3.63) is 29.1 Å². The SMILES string of the molecule is O=C(c1cc(C(=O)C(Br)(Br)Br)nc(C(=O)C(Br)(Br)Br)c1)C(Br)(Br)Br. The molecule has 1 heterocycles. The molecule has 0 spiro atoms. The second kappa shape index (κ2) is 8.87. The molecule has 0 fully saturated rings. The monoisotopic (exact) mass is 906 g/mol. The lowest BCUT2D eigenvalue weighted by Crippen LogP contribution is -2.25. The van der Waals surface area contributed by atoms with Gasteiger partial charge in [-0.15, -0.1) is 0 Å². The minimum atomic E-state index is -1.27. The Kier molecular flexibility index (Phi) is 9.07. The van der Waals surface area contributed by atoms with E-state index in [1.807, 2.05) is 0 Å². The normalized spacial score (nSPS) is 12.9. The summed E-state index contributed by atoms with van der Waals surface area (Å²) < 4.78 is -3.78. The van der Waals surface area contributed by atoms with Gasteiger partial charge in [0.15, 0.2) is 6.43 Å². The summed E-state index contributed by atoms with van der Waals surface area (Å²) >= 11 is 28.0. The molecule has 132 valence electrons. The van der Waals surface area contributed by atoms with Crippen molar-refractivity contribution >= 4 is 161 Å². The fourth-order valence-corrected chi connectivity index (χ4v) is 3.25. The van der Waals surface area contributed by atoms with Gasteiger partial charge in [0, 0.05) is 5.56 Å². The fraction of sp³-hybridized carbons (Fsp3) is 0.273. The van der Waals surface area contributed by atoms with Gasteiger partial charge in [-0.3, -0.25) is 14.4 Å². The molecule has 0 radical (unpaired) electrons. The molecular formula is C11H2Br9NO3. The first kappa shape index (κ1) is 24.5. The van der Waals surface area contributed by atoms with Crippen molar-refractivity contribution < 1.29 is 14.4 Å². The van der Waals surface area contributed by atoms with Gasteiger partial charge in [-0.1, -0.05) is 143 Å². The zero-order valence-corrected chi connectivity index (χ0v) is 25.0. The Hall–Kier alpha value is 2.48. The molecule has 0 amide bonds. The predicted octanol–water partition coefficient (Wildman–Crippen LogP) is 7.15. The maximum atomic E-state index is 12.5. The number of carbonyl (C=O) groups excluding carboxylic acids is 3. The zero-order chi connectivity index (χ0) is 19.1. The topological polar surface area (TPSA) is 64.1 Å². The van der Waals surface area contributed by atoms with Crippen LogP contribution in [0.3, 0.4) is 0 Å². The van der Waals surface area contributed by atoms with Crippen LogP contribution >= 0.6 is 143 Å². The number of alkyl halides is 9. The van der Waals surface area contributed by atoms with Crippen LogP contribution in [0.4, 0.5) is 0 Å². The molecule has 0 aromatic carbocycles. The van der Waals surface area contributed by atoms with Crippen LogP contribution in [0.5, 0.6) is 0 Å². The van der Waals surface area contributed by atoms with Crippen LogP contribution in [0.15, 0.2) is 12.1 Å². The molecule has 4 nitrogen and oxygen atoms in total. The lowest BCUT2D eigenvalue weighted by atomic mass is 10.1. The number of pyridine rings is 1. The number of rotatable bonds is 3. The summed E-state index contributed by atoms with van der Waals surface area (Å²) in [6.45, 7) is 0. The van der Waals surface area contributed by atoms with Gasteiger partial charge in [-0.25, -0.2) is 4.98 Å². The highest BCUT2D eigenvalue weighted by atomic mass is 80.0. The number of hydrogen-bond acceptors (Lipinski definition) is 4. The lowest BCUT2D eigenvalue weighted by Gasteiger charge is -2.16. The van der Waals surface area contributed by atoms with Crippen molar-refractivity contribution in [2.45, 2.75) is 6.43 Å². The molecule has 24 heavy (non-hydrogen) atoms. The zero-order valence-electron chi connectivity index (χ0n) is 10.7. The lowest BCUT2D eigenvalue weighted by molar-refractivity contribution is 0.0999.